The van der Waals surface area contributed by atoms with Crippen molar-refractivity contribution in [3.05, 3.63) is 137 Å². The summed E-state index contributed by atoms with van der Waals surface area (Å²) in [6.45, 7) is 2.77. The lowest BCUT2D eigenvalue weighted by Gasteiger charge is -2.22. The number of para-hydroxylation sites is 1. The van der Waals surface area contributed by atoms with Crippen molar-refractivity contribution in [3.63, 3.8) is 0 Å². The lowest BCUT2D eigenvalue weighted by Crippen LogP contribution is -2.29. The minimum atomic E-state index is -0.239. The molecule has 4 aromatic carbocycles. The molecule has 1 unspecified atom stereocenters. The fraction of sp³-hybridized carbons (Fsp3) is 0.229. The van der Waals surface area contributed by atoms with Gasteiger partial charge in [0, 0.05) is 49.1 Å². The molecule has 1 fully saturated rings. The Balaban J connectivity index is 1.37. The van der Waals surface area contributed by atoms with Gasteiger partial charge in [-0.25, -0.2) is 4.39 Å². The van der Waals surface area contributed by atoms with Gasteiger partial charge in [0.2, 0.25) is 5.91 Å². The summed E-state index contributed by atoms with van der Waals surface area (Å²) in [6, 6.07) is 33.3. The molecule has 0 spiro atoms. The van der Waals surface area contributed by atoms with Crippen LogP contribution >= 0.6 is 0 Å². The molecule has 0 radical (unpaired) electrons. The molecule has 202 valence electrons. The summed E-state index contributed by atoms with van der Waals surface area (Å²) in [7, 11) is 0. The Morgan fingerprint density at radius 1 is 0.825 bits per heavy atom. The zero-order valence-electron chi connectivity index (χ0n) is 22.5. The topological polar surface area (TPSA) is 34.5 Å². The molecule has 6 rings (SSSR count). The maximum Gasteiger partial charge on any atom is 0.223 e. The number of nitrogens with zero attached hydrogens (tertiary/aromatic N) is 2. The SMILES string of the molecule is O=C(CC(c1cccc(OCc2ccccc2)c1)c1cn(Cc2ccc(F)cc2)c2ccccc12)N1CCCC1. The molecule has 0 bridgehead atoms. The van der Waals surface area contributed by atoms with E-state index < -0.39 is 0 Å². The number of ether oxygens (including phenoxy) is 1. The molecule has 1 atom stereocenters. The highest BCUT2D eigenvalue weighted by atomic mass is 19.1. The smallest absolute Gasteiger partial charge is 0.223 e. The predicted molar refractivity (Wildman–Crippen MR) is 157 cm³/mol. The van der Waals surface area contributed by atoms with Crippen molar-refractivity contribution in [1.82, 2.24) is 9.47 Å². The van der Waals surface area contributed by atoms with Crippen LogP contribution in [0.1, 0.15) is 47.4 Å². The van der Waals surface area contributed by atoms with Crippen LogP contribution in [0.2, 0.25) is 0 Å². The Morgan fingerprint density at radius 2 is 1.57 bits per heavy atom. The van der Waals surface area contributed by atoms with Gasteiger partial charge in [-0.3, -0.25) is 4.79 Å². The van der Waals surface area contributed by atoms with E-state index in [0.29, 0.717) is 19.6 Å². The van der Waals surface area contributed by atoms with E-state index >= 15 is 0 Å². The molecule has 4 nitrogen and oxygen atoms in total. The quantitative estimate of drug-likeness (QED) is 0.196. The van der Waals surface area contributed by atoms with E-state index in [1.54, 1.807) is 0 Å². The standard InChI is InChI=1S/C35H33FN2O2/c36-29-17-15-26(16-18-29)23-38-24-33(31-13-4-5-14-34(31)38)32(22-35(39)37-19-6-7-20-37)28-11-8-12-30(21-28)40-25-27-9-2-1-3-10-27/h1-5,8-18,21,24,32H,6-7,19-20,22-23,25H2. The van der Waals surface area contributed by atoms with Crippen molar-refractivity contribution in [3.8, 4) is 5.75 Å². The predicted octanol–water partition coefficient (Wildman–Crippen LogP) is 7.55. The summed E-state index contributed by atoms with van der Waals surface area (Å²) in [5.41, 5.74) is 5.40. The van der Waals surface area contributed by atoms with Crippen molar-refractivity contribution in [1.29, 1.82) is 0 Å². The monoisotopic (exact) mass is 532 g/mol. The third kappa shape index (κ3) is 5.79. The van der Waals surface area contributed by atoms with Gasteiger partial charge in [0.25, 0.3) is 0 Å². The molecule has 1 aliphatic rings. The van der Waals surface area contributed by atoms with E-state index in [1.165, 1.54) is 12.1 Å². The van der Waals surface area contributed by atoms with E-state index in [1.807, 2.05) is 59.5 Å². The highest BCUT2D eigenvalue weighted by Crippen LogP contribution is 2.37. The third-order valence-electron chi connectivity index (χ3n) is 7.81. The van der Waals surface area contributed by atoms with Gasteiger partial charge >= 0.3 is 0 Å². The molecular formula is C35H33FN2O2. The first-order valence-corrected chi connectivity index (χ1v) is 14.0. The summed E-state index contributed by atoms with van der Waals surface area (Å²) in [5.74, 6) is 0.605. The van der Waals surface area contributed by atoms with E-state index in [4.69, 9.17) is 4.74 Å². The Bertz CT molecular complexity index is 1590. The number of rotatable bonds is 9. The largest absolute Gasteiger partial charge is 0.489 e. The first kappa shape index (κ1) is 25.9. The Hall–Kier alpha value is -4.38. The van der Waals surface area contributed by atoms with E-state index in [2.05, 4.69) is 47.2 Å². The van der Waals surface area contributed by atoms with Gasteiger partial charge in [0.05, 0.1) is 0 Å². The lowest BCUT2D eigenvalue weighted by atomic mass is 9.87. The lowest BCUT2D eigenvalue weighted by molar-refractivity contribution is -0.130. The highest BCUT2D eigenvalue weighted by molar-refractivity contribution is 5.87. The molecule has 2 heterocycles. The molecule has 0 N–H and O–H groups in total. The van der Waals surface area contributed by atoms with Crippen molar-refractivity contribution in [2.24, 2.45) is 0 Å². The zero-order chi connectivity index (χ0) is 27.3. The first-order valence-electron chi connectivity index (χ1n) is 14.0. The third-order valence-corrected chi connectivity index (χ3v) is 7.81. The summed E-state index contributed by atoms with van der Waals surface area (Å²) in [5, 5.41) is 1.12. The second kappa shape index (κ2) is 11.8. The second-order valence-electron chi connectivity index (χ2n) is 10.5. The summed E-state index contributed by atoms with van der Waals surface area (Å²) < 4.78 is 21.9. The van der Waals surface area contributed by atoms with Gasteiger partial charge in [0.15, 0.2) is 0 Å². The van der Waals surface area contributed by atoms with Crippen LogP contribution in [-0.2, 0) is 17.9 Å². The molecule has 1 aliphatic heterocycles. The molecule has 1 amide bonds. The highest BCUT2D eigenvalue weighted by Gasteiger charge is 2.27. The number of carbonyl (C=O) groups is 1. The van der Waals surface area contributed by atoms with Crippen LogP contribution in [0.25, 0.3) is 10.9 Å². The van der Waals surface area contributed by atoms with Crippen molar-refractivity contribution < 1.29 is 13.9 Å². The Morgan fingerprint density at radius 3 is 2.38 bits per heavy atom. The number of aromatic nitrogens is 1. The Kier molecular flexibility index (Phi) is 7.62. The Labute approximate surface area is 234 Å². The van der Waals surface area contributed by atoms with Gasteiger partial charge in [-0.15, -0.1) is 0 Å². The first-order chi connectivity index (χ1) is 19.6. The summed E-state index contributed by atoms with van der Waals surface area (Å²) >= 11 is 0. The number of amides is 1. The van der Waals surface area contributed by atoms with Crippen molar-refractivity contribution in [2.75, 3.05) is 13.1 Å². The number of hydrogen-bond donors (Lipinski definition) is 0. The molecular weight excluding hydrogens is 499 g/mol. The van der Waals surface area contributed by atoms with Gasteiger partial charge in [-0.05, 0) is 65.4 Å². The van der Waals surface area contributed by atoms with Gasteiger partial charge in [0.1, 0.15) is 18.2 Å². The molecule has 40 heavy (non-hydrogen) atoms. The van der Waals surface area contributed by atoms with Crippen LogP contribution in [0.4, 0.5) is 4.39 Å². The molecule has 0 saturated carbocycles. The number of likely N-dealkylation sites (tertiary alicyclic amines) is 1. The minimum absolute atomic E-state index is 0.132. The van der Waals surface area contributed by atoms with Crippen LogP contribution in [0.3, 0.4) is 0 Å². The van der Waals surface area contributed by atoms with E-state index in [-0.39, 0.29) is 17.6 Å². The average Bonchev–Trinajstić information content (AvgIpc) is 3.66. The fourth-order valence-electron chi connectivity index (χ4n) is 5.71. The number of halogens is 1. The van der Waals surface area contributed by atoms with E-state index in [0.717, 1.165) is 64.8 Å². The molecule has 5 heteroatoms. The molecule has 1 aromatic heterocycles. The number of hydrogen-bond acceptors (Lipinski definition) is 2. The zero-order valence-corrected chi connectivity index (χ0v) is 22.5. The summed E-state index contributed by atoms with van der Waals surface area (Å²) in [4.78, 5) is 15.5. The minimum Gasteiger partial charge on any atom is -0.489 e. The normalized spacial score (nSPS) is 14.0. The molecule has 1 saturated heterocycles. The van der Waals surface area contributed by atoms with Crippen LogP contribution in [0.15, 0.2) is 109 Å². The molecule has 5 aromatic rings. The number of carbonyl (C=O) groups excluding carboxylic acids is 1. The molecule has 0 aliphatic carbocycles. The van der Waals surface area contributed by atoms with Crippen LogP contribution in [0, 0.1) is 5.82 Å². The van der Waals surface area contributed by atoms with Gasteiger partial charge < -0.3 is 14.2 Å². The van der Waals surface area contributed by atoms with Crippen molar-refractivity contribution >= 4 is 16.8 Å². The van der Waals surface area contributed by atoms with Crippen molar-refractivity contribution in [2.45, 2.75) is 38.3 Å². The van der Waals surface area contributed by atoms with Crippen LogP contribution in [0.5, 0.6) is 5.75 Å². The summed E-state index contributed by atoms with van der Waals surface area (Å²) in [6.07, 6.45) is 4.70. The van der Waals surface area contributed by atoms with Crippen LogP contribution in [-0.4, -0.2) is 28.5 Å². The van der Waals surface area contributed by atoms with Gasteiger partial charge in [-0.2, -0.15) is 0 Å². The van der Waals surface area contributed by atoms with E-state index in [9.17, 15) is 9.18 Å². The number of fused-ring (bicyclic) bond motifs is 1. The van der Waals surface area contributed by atoms with Gasteiger partial charge in [-0.1, -0.05) is 72.8 Å². The fourth-order valence-corrected chi connectivity index (χ4v) is 5.71. The second-order valence-corrected chi connectivity index (χ2v) is 10.5. The van der Waals surface area contributed by atoms with Crippen LogP contribution < -0.4 is 4.74 Å². The number of benzene rings is 4. The maximum absolute atomic E-state index is 13.6. The average molecular weight is 533 g/mol. The maximum atomic E-state index is 13.6.